The normalized spacial score (nSPS) is 10.1. The summed E-state index contributed by atoms with van der Waals surface area (Å²) >= 11 is 0. The number of unbranched alkanes of at least 4 members (excludes halogenated alkanes) is 1. The summed E-state index contributed by atoms with van der Waals surface area (Å²) in [5.74, 6) is 0.0393. The van der Waals surface area contributed by atoms with Gasteiger partial charge in [-0.2, -0.15) is 5.10 Å². The van der Waals surface area contributed by atoms with Crippen molar-refractivity contribution in [2.24, 2.45) is 0 Å². The fourth-order valence-electron chi connectivity index (χ4n) is 1.16. The smallest absolute Gasteiger partial charge is 0.359 e. The lowest BCUT2D eigenvalue weighted by atomic mass is 10.3. The van der Waals surface area contributed by atoms with Gasteiger partial charge in [-0.3, -0.25) is 5.10 Å². The number of nitrogens with zero attached hydrogens (tertiary/aromatic N) is 1. The van der Waals surface area contributed by atoms with Crippen LogP contribution in [-0.2, 0) is 4.74 Å². The topological polar surface area (TPSA) is 64.2 Å². The Labute approximate surface area is 88.8 Å². The minimum absolute atomic E-state index is 0.283. The highest BCUT2D eigenvalue weighted by molar-refractivity contribution is 5.90. The molecule has 0 radical (unpaired) electrons. The van der Waals surface area contributed by atoms with Crippen LogP contribution >= 0.6 is 0 Å². The number of H-pyrrole nitrogens is 1. The number of ether oxygens (including phenoxy) is 2. The van der Waals surface area contributed by atoms with Crippen LogP contribution in [-0.4, -0.2) is 29.9 Å². The van der Waals surface area contributed by atoms with Gasteiger partial charge in [0.05, 0.1) is 13.7 Å². The molecule has 0 aliphatic rings. The van der Waals surface area contributed by atoms with Gasteiger partial charge in [-0.1, -0.05) is 13.3 Å². The predicted octanol–water partition coefficient (Wildman–Crippen LogP) is 1.68. The van der Waals surface area contributed by atoms with Crippen molar-refractivity contribution in [3.63, 3.8) is 0 Å². The number of nitrogens with one attached hydrogen (secondary N) is 1. The van der Waals surface area contributed by atoms with Gasteiger partial charge in [0.1, 0.15) is 5.69 Å². The van der Waals surface area contributed by atoms with E-state index in [1.54, 1.807) is 6.92 Å². The van der Waals surface area contributed by atoms with E-state index in [0.717, 1.165) is 12.8 Å². The summed E-state index contributed by atoms with van der Waals surface area (Å²) in [5, 5.41) is 6.52. The van der Waals surface area contributed by atoms with E-state index in [0.29, 0.717) is 18.1 Å². The molecule has 1 N–H and O–H groups in total. The zero-order chi connectivity index (χ0) is 11.3. The number of methoxy groups -OCH3 is 1. The average Bonchev–Trinajstić information content (AvgIpc) is 2.60. The van der Waals surface area contributed by atoms with Crippen molar-refractivity contribution in [2.45, 2.75) is 26.7 Å². The lowest BCUT2D eigenvalue weighted by Gasteiger charge is -2.05. The predicted molar refractivity (Wildman–Crippen MR) is 55.1 cm³/mol. The highest BCUT2D eigenvalue weighted by Gasteiger charge is 2.18. The number of aryl methyl sites for hydroxylation is 1. The Morgan fingerprint density at radius 1 is 1.53 bits per heavy atom. The molecule has 0 bridgehead atoms. The number of rotatable bonds is 5. The number of carbonyl (C=O) groups is 1. The van der Waals surface area contributed by atoms with Crippen molar-refractivity contribution >= 4 is 5.97 Å². The van der Waals surface area contributed by atoms with E-state index < -0.39 is 5.97 Å². The van der Waals surface area contributed by atoms with Gasteiger partial charge in [0.25, 0.3) is 0 Å². The van der Waals surface area contributed by atoms with E-state index in [1.807, 2.05) is 0 Å². The van der Waals surface area contributed by atoms with E-state index in [1.165, 1.54) is 7.11 Å². The van der Waals surface area contributed by atoms with Crippen molar-refractivity contribution in [3.8, 4) is 5.75 Å². The van der Waals surface area contributed by atoms with Crippen molar-refractivity contribution < 1.29 is 14.3 Å². The van der Waals surface area contributed by atoms with Crippen LogP contribution in [0.2, 0.25) is 0 Å². The Kier molecular flexibility index (Phi) is 4.15. The Hall–Kier alpha value is -1.52. The molecule has 84 valence electrons. The quantitative estimate of drug-likeness (QED) is 0.595. The maximum atomic E-state index is 11.3. The molecule has 0 spiro atoms. The molecule has 0 saturated carbocycles. The highest BCUT2D eigenvalue weighted by atomic mass is 16.5. The standard InChI is InChI=1S/C10H16N2O3/c1-4-5-6-15-9-7(2)11-12-8(9)10(13)14-3/h4-6H2,1-3H3,(H,11,12). The van der Waals surface area contributed by atoms with Crippen LogP contribution in [0, 0.1) is 6.92 Å². The second-order valence-corrected chi connectivity index (χ2v) is 3.21. The summed E-state index contributed by atoms with van der Waals surface area (Å²) < 4.78 is 10.1. The van der Waals surface area contributed by atoms with Crippen LogP contribution in [0.5, 0.6) is 5.75 Å². The minimum Gasteiger partial charge on any atom is -0.489 e. The third-order valence-electron chi connectivity index (χ3n) is 2.02. The molecule has 0 aromatic carbocycles. The molecule has 1 aromatic rings. The Morgan fingerprint density at radius 3 is 2.87 bits per heavy atom. The molecule has 1 rings (SSSR count). The Morgan fingerprint density at radius 2 is 2.27 bits per heavy atom. The van der Waals surface area contributed by atoms with Gasteiger partial charge in [0, 0.05) is 0 Å². The van der Waals surface area contributed by atoms with E-state index >= 15 is 0 Å². The van der Waals surface area contributed by atoms with E-state index in [9.17, 15) is 4.79 Å². The van der Waals surface area contributed by atoms with Crippen molar-refractivity contribution in [3.05, 3.63) is 11.4 Å². The summed E-state index contributed by atoms with van der Waals surface area (Å²) in [6, 6.07) is 0. The SMILES string of the molecule is CCCCOc1c(C)n[nH]c1C(=O)OC. The number of aromatic nitrogens is 2. The van der Waals surface area contributed by atoms with Crippen molar-refractivity contribution in [1.82, 2.24) is 10.2 Å². The molecule has 15 heavy (non-hydrogen) atoms. The molecule has 1 heterocycles. The zero-order valence-electron chi connectivity index (χ0n) is 9.29. The number of aromatic amines is 1. The number of esters is 1. The zero-order valence-corrected chi connectivity index (χ0v) is 9.29. The molecular formula is C10H16N2O3. The monoisotopic (exact) mass is 212 g/mol. The first-order valence-electron chi connectivity index (χ1n) is 4.96. The van der Waals surface area contributed by atoms with E-state index in [-0.39, 0.29) is 5.69 Å². The molecule has 0 atom stereocenters. The molecule has 0 unspecified atom stereocenters. The van der Waals surface area contributed by atoms with Crippen LogP contribution < -0.4 is 4.74 Å². The highest BCUT2D eigenvalue weighted by Crippen LogP contribution is 2.21. The van der Waals surface area contributed by atoms with E-state index in [4.69, 9.17) is 4.74 Å². The van der Waals surface area contributed by atoms with Crippen molar-refractivity contribution in [1.29, 1.82) is 0 Å². The largest absolute Gasteiger partial charge is 0.489 e. The van der Waals surface area contributed by atoms with Crippen LogP contribution in [0.3, 0.4) is 0 Å². The summed E-state index contributed by atoms with van der Waals surface area (Å²) in [7, 11) is 1.33. The maximum absolute atomic E-state index is 11.3. The summed E-state index contributed by atoms with van der Waals surface area (Å²) in [6.07, 6.45) is 2.00. The molecule has 5 nitrogen and oxygen atoms in total. The fourth-order valence-corrected chi connectivity index (χ4v) is 1.16. The summed E-state index contributed by atoms with van der Waals surface area (Å²) in [5.41, 5.74) is 0.956. The first-order chi connectivity index (χ1) is 7.20. The first kappa shape index (κ1) is 11.6. The molecule has 1 aromatic heterocycles. The second kappa shape index (κ2) is 5.38. The van der Waals surface area contributed by atoms with Gasteiger partial charge in [0.2, 0.25) is 0 Å². The van der Waals surface area contributed by atoms with Gasteiger partial charge in [0.15, 0.2) is 11.4 Å². The summed E-state index contributed by atoms with van der Waals surface area (Å²) in [6.45, 7) is 4.44. The lowest BCUT2D eigenvalue weighted by Crippen LogP contribution is -2.06. The maximum Gasteiger partial charge on any atom is 0.359 e. The van der Waals surface area contributed by atoms with Crippen LogP contribution in [0.15, 0.2) is 0 Å². The summed E-state index contributed by atoms with van der Waals surface area (Å²) in [4.78, 5) is 11.3. The second-order valence-electron chi connectivity index (χ2n) is 3.21. The van der Waals surface area contributed by atoms with Gasteiger partial charge >= 0.3 is 5.97 Å². The van der Waals surface area contributed by atoms with Gasteiger partial charge in [-0.15, -0.1) is 0 Å². The van der Waals surface area contributed by atoms with Gasteiger partial charge < -0.3 is 9.47 Å². The van der Waals surface area contributed by atoms with Crippen LogP contribution in [0.4, 0.5) is 0 Å². The lowest BCUT2D eigenvalue weighted by molar-refractivity contribution is 0.0589. The van der Waals surface area contributed by atoms with Crippen LogP contribution in [0.1, 0.15) is 35.9 Å². The Balaban J connectivity index is 2.75. The van der Waals surface area contributed by atoms with Gasteiger partial charge in [-0.25, -0.2) is 4.79 Å². The molecule has 0 amide bonds. The molecule has 5 heteroatoms. The van der Waals surface area contributed by atoms with Crippen LogP contribution in [0.25, 0.3) is 0 Å². The first-order valence-corrected chi connectivity index (χ1v) is 4.96. The van der Waals surface area contributed by atoms with Gasteiger partial charge in [-0.05, 0) is 13.3 Å². The number of carbonyl (C=O) groups excluding carboxylic acids is 1. The molecule has 0 aliphatic carbocycles. The molecule has 0 aliphatic heterocycles. The molecular weight excluding hydrogens is 196 g/mol. The number of hydrogen-bond acceptors (Lipinski definition) is 4. The third-order valence-corrected chi connectivity index (χ3v) is 2.02. The minimum atomic E-state index is -0.456. The Bertz CT molecular complexity index is 333. The average molecular weight is 212 g/mol. The van der Waals surface area contributed by atoms with Crippen molar-refractivity contribution in [2.75, 3.05) is 13.7 Å². The molecule has 0 fully saturated rings. The third kappa shape index (κ3) is 2.71. The number of hydrogen-bond donors (Lipinski definition) is 1. The molecule has 0 saturated heterocycles. The van der Waals surface area contributed by atoms with E-state index in [2.05, 4.69) is 21.9 Å². The fraction of sp³-hybridized carbons (Fsp3) is 0.600.